The second kappa shape index (κ2) is 4.13. The van der Waals surface area contributed by atoms with E-state index in [1.54, 1.807) is 18.0 Å². The van der Waals surface area contributed by atoms with Crippen molar-refractivity contribution in [3.8, 4) is 6.07 Å². The van der Waals surface area contributed by atoms with Crippen LogP contribution in [0.2, 0.25) is 0 Å². The Hall–Kier alpha value is -1.01. The highest BCUT2D eigenvalue weighted by Gasteiger charge is 1.99. The molecule has 0 unspecified atom stereocenters. The Labute approximate surface area is 76.6 Å². The molecule has 3 heteroatoms. The number of hydrogen-bond acceptors (Lipinski definition) is 3. The lowest BCUT2D eigenvalue weighted by atomic mass is 10.2. The van der Waals surface area contributed by atoms with Crippen LogP contribution in [0.4, 0.5) is 0 Å². The van der Waals surface area contributed by atoms with Crippen LogP contribution in [0.5, 0.6) is 0 Å². The fourth-order valence-electron chi connectivity index (χ4n) is 0.912. The minimum atomic E-state index is 0.524. The van der Waals surface area contributed by atoms with E-state index >= 15 is 0 Å². The number of thioether (sulfide) groups is 1. The Morgan fingerprint density at radius 3 is 2.92 bits per heavy atom. The fraction of sp³-hybridized carbons (Fsp3) is 0.333. The summed E-state index contributed by atoms with van der Waals surface area (Å²) in [5.74, 6) is 1.03. The molecule has 0 aliphatic rings. The summed E-state index contributed by atoms with van der Waals surface area (Å²) < 4.78 is 0. The van der Waals surface area contributed by atoms with Crippen LogP contribution in [-0.2, 0) is 0 Å². The van der Waals surface area contributed by atoms with Crippen molar-refractivity contribution in [2.24, 2.45) is 0 Å². The van der Waals surface area contributed by atoms with Gasteiger partial charge in [0.1, 0.15) is 11.8 Å². The lowest BCUT2D eigenvalue weighted by molar-refractivity contribution is 1.15. The third-order valence-corrected chi connectivity index (χ3v) is 2.32. The Morgan fingerprint density at radius 2 is 2.42 bits per heavy atom. The van der Waals surface area contributed by atoms with E-state index in [4.69, 9.17) is 5.26 Å². The maximum Gasteiger partial charge on any atom is 0.143 e. The summed E-state index contributed by atoms with van der Waals surface area (Å²) in [6.45, 7) is 4.00. The highest BCUT2D eigenvalue weighted by atomic mass is 32.2. The van der Waals surface area contributed by atoms with Crippen molar-refractivity contribution in [1.29, 1.82) is 5.26 Å². The van der Waals surface area contributed by atoms with Crippen LogP contribution in [0.15, 0.2) is 17.2 Å². The molecule has 1 aromatic heterocycles. The van der Waals surface area contributed by atoms with Gasteiger partial charge in [-0.1, -0.05) is 6.92 Å². The second-order valence-electron chi connectivity index (χ2n) is 2.38. The van der Waals surface area contributed by atoms with Gasteiger partial charge in [-0.25, -0.2) is 4.98 Å². The van der Waals surface area contributed by atoms with Gasteiger partial charge in [0.15, 0.2) is 0 Å². The van der Waals surface area contributed by atoms with Crippen molar-refractivity contribution in [3.05, 3.63) is 23.5 Å². The quantitative estimate of drug-likeness (QED) is 0.652. The van der Waals surface area contributed by atoms with E-state index in [-0.39, 0.29) is 0 Å². The van der Waals surface area contributed by atoms with Crippen molar-refractivity contribution >= 4 is 11.8 Å². The summed E-state index contributed by atoms with van der Waals surface area (Å²) in [6.07, 6.45) is 1.75. The third-order valence-electron chi connectivity index (χ3n) is 1.47. The highest BCUT2D eigenvalue weighted by Crippen LogP contribution is 2.18. The molecule has 62 valence electrons. The first-order valence-electron chi connectivity index (χ1n) is 3.77. The normalized spacial score (nSPS) is 9.42. The number of aromatic nitrogens is 1. The van der Waals surface area contributed by atoms with Crippen LogP contribution >= 0.6 is 11.8 Å². The molecule has 1 rings (SSSR count). The van der Waals surface area contributed by atoms with E-state index in [0.29, 0.717) is 5.69 Å². The standard InChI is InChI=1S/C9H10N2S/c1-3-12-8-4-7(2)9(5-10)11-6-8/h4,6H,3H2,1-2H3. The molecular weight excluding hydrogens is 168 g/mol. The third kappa shape index (κ3) is 1.99. The Kier molecular flexibility index (Phi) is 3.12. The number of nitriles is 1. The second-order valence-corrected chi connectivity index (χ2v) is 3.72. The van der Waals surface area contributed by atoms with Crippen LogP contribution in [0.1, 0.15) is 18.2 Å². The topological polar surface area (TPSA) is 36.7 Å². The van der Waals surface area contributed by atoms with Gasteiger partial charge in [-0.2, -0.15) is 5.26 Å². The van der Waals surface area contributed by atoms with Gasteiger partial charge in [0.25, 0.3) is 0 Å². The molecule has 0 fully saturated rings. The minimum absolute atomic E-state index is 0.524. The van der Waals surface area contributed by atoms with Gasteiger partial charge >= 0.3 is 0 Å². The zero-order valence-electron chi connectivity index (χ0n) is 7.16. The predicted molar refractivity (Wildman–Crippen MR) is 50.1 cm³/mol. The van der Waals surface area contributed by atoms with Gasteiger partial charge in [-0.05, 0) is 24.3 Å². The molecule has 1 aromatic rings. The molecule has 0 aliphatic heterocycles. The molecule has 0 radical (unpaired) electrons. The zero-order chi connectivity index (χ0) is 8.97. The van der Waals surface area contributed by atoms with E-state index in [2.05, 4.69) is 11.9 Å². The molecule has 0 aromatic carbocycles. The molecule has 0 bridgehead atoms. The van der Waals surface area contributed by atoms with Crippen LogP contribution in [-0.4, -0.2) is 10.7 Å². The summed E-state index contributed by atoms with van der Waals surface area (Å²) in [5, 5.41) is 8.62. The summed E-state index contributed by atoms with van der Waals surface area (Å²) in [5.41, 5.74) is 1.48. The zero-order valence-corrected chi connectivity index (χ0v) is 7.98. The first kappa shape index (κ1) is 9.08. The van der Waals surface area contributed by atoms with Gasteiger partial charge in [0, 0.05) is 11.1 Å². The molecule has 0 saturated heterocycles. The van der Waals surface area contributed by atoms with Gasteiger partial charge < -0.3 is 0 Å². The molecule has 0 spiro atoms. The summed E-state index contributed by atoms with van der Waals surface area (Å²) >= 11 is 1.74. The Morgan fingerprint density at radius 1 is 1.67 bits per heavy atom. The molecule has 2 nitrogen and oxygen atoms in total. The van der Waals surface area contributed by atoms with Crippen LogP contribution < -0.4 is 0 Å². The van der Waals surface area contributed by atoms with E-state index in [1.807, 2.05) is 19.1 Å². The maximum atomic E-state index is 8.62. The predicted octanol–water partition coefficient (Wildman–Crippen LogP) is 2.37. The lowest BCUT2D eigenvalue weighted by Crippen LogP contribution is -1.88. The van der Waals surface area contributed by atoms with Crippen molar-refractivity contribution in [3.63, 3.8) is 0 Å². The van der Waals surface area contributed by atoms with Crippen molar-refractivity contribution in [1.82, 2.24) is 4.98 Å². The van der Waals surface area contributed by atoms with E-state index < -0.39 is 0 Å². The molecule has 0 saturated carbocycles. The largest absolute Gasteiger partial charge is 0.244 e. The van der Waals surface area contributed by atoms with Gasteiger partial charge in [0.05, 0.1) is 0 Å². The van der Waals surface area contributed by atoms with Crippen LogP contribution in [0, 0.1) is 18.3 Å². The molecule has 0 amide bonds. The number of rotatable bonds is 2. The average Bonchev–Trinajstić information content (AvgIpc) is 2.05. The smallest absolute Gasteiger partial charge is 0.143 e. The SMILES string of the molecule is CCSc1cnc(C#N)c(C)c1. The maximum absolute atomic E-state index is 8.62. The molecule has 0 aliphatic carbocycles. The lowest BCUT2D eigenvalue weighted by Gasteiger charge is -1.99. The summed E-state index contributed by atoms with van der Waals surface area (Å²) in [4.78, 5) is 5.17. The summed E-state index contributed by atoms with van der Waals surface area (Å²) in [6, 6.07) is 4.04. The number of hydrogen-bond donors (Lipinski definition) is 0. The van der Waals surface area contributed by atoms with Crippen molar-refractivity contribution < 1.29 is 0 Å². The van der Waals surface area contributed by atoms with Crippen LogP contribution in [0.3, 0.4) is 0 Å². The molecule has 0 N–H and O–H groups in total. The minimum Gasteiger partial charge on any atom is -0.244 e. The first-order chi connectivity index (χ1) is 5.77. The first-order valence-corrected chi connectivity index (χ1v) is 4.76. The fourth-order valence-corrected chi connectivity index (χ4v) is 1.63. The van der Waals surface area contributed by atoms with Gasteiger partial charge in [-0.3, -0.25) is 0 Å². The van der Waals surface area contributed by atoms with E-state index in [0.717, 1.165) is 16.2 Å². The molecule has 1 heterocycles. The molecule has 0 atom stereocenters. The molecular formula is C9H10N2S. The summed E-state index contributed by atoms with van der Waals surface area (Å²) in [7, 11) is 0. The van der Waals surface area contributed by atoms with Crippen LogP contribution in [0.25, 0.3) is 0 Å². The number of aryl methyl sites for hydroxylation is 1. The number of nitrogens with zero attached hydrogens (tertiary/aromatic N) is 2. The van der Waals surface area contributed by atoms with Gasteiger partial charge in [-0.15, -0.1) is 11.8 Å². The van der Waals surface area contributed by atoms with Crippen molar-refractivity contribution in [2.45, 2.75) is 18.7 Å². The Balaban J connectivity index is 2.96. The van der Waals surface area contributed by atoms with Crippen molar-refractivity contribution in [2.75, 3.05) is 5.75 Å². The molecule has 12 heavy (non-hydrogen) atoms. The number of pyridine rings is 1. The highest BCUT2D eigenvalue weighted by molar-refractivity contribution is 7.99. The van der Waals surface area contributed by atoms with Gasteiger partial charge in [0.2, 0.25) is 0 Å². The monoisotopic (exact) mass is 178 g/mol. The van der Waals surface area contributed by atoms with E-state index in [1.165, 1.54) is 0 Å². The van der Waals surface area contributed by atoms with E-state index in [9.17, 15) is 0 Å². The Bertz CT molecular complexity index is 315. The average molecular weight is 178 g/mol.